The predicted molar refractivity (Wildman–Crippen MR) is 102 cm³/mol. The Bertz CT molecular complexity index is 708. The first-order chi connectivity index (χ1) is 12.5. The summed E-state index contributed by atoms with van der Waals surface area (Å²) in [5, 5.41) is -0.121. The molecule has 144 valence electrons. The molecule has 0 spiro atoms. The molecule has 2 fully saturated rings. The highest BCUT2D eigenvalue weighted by atomic mass is 35.5. The number of nitrogens with zero attached hydrogens (tertiary/aromatic N) is 2. The van der Waals surface area contributed by atoms with Crippen LogP contribution < -0.4 is 0 Å². The lowest BCUT2D eigenvalue weighted by molar-refractivity contribution is -0.135. The number of carbonyl (C=O) groups excluding carboxylic acids is 1. The standard InChI is InChI=1S/C19H27ClN2O3S/c20-17-12-7-13-21-19(17)26(24,25)14-18(23)22(15-8-3-1-4-9-15)16-10-5-2-6-11-16/h7,12-13,15-16H,1-6,8-11,14H2. The molecule has 0 bridgehead atoms. The topological polar surface area (TPSA) is 67.3 Å². The summed E-state index contributed by atoms with van der Waals surface area (Å²) in [6, 6.07) is 3.42. The second kappa shape index (κ2) is 8.70. The number of aromatic nitrogens is 1. The van der Waals surface area contributed by atoms with Gasteiger partial charge in [-0.3, -0.25) is 4.79 Å². The van der Waals surface area contributed by atoms with Crippen LogP contribution >= 0.6 is 11.6 Å². The van der Waals surface area contributed by atoms with Crippen molar-refractivity contribution in [2.24, 2.45) is 0 Å². The van der Waals surface area contributed by atoms with E-state index in [1.807, 2.05) is 4.90 Å². The first-order valence-electron chi connectivity index (χ1n) is 9.63. The van der Waals surface area contributed by atoms with E-state index in [-0.39, 0.29) is 28.0 Å². The van der Waals surface area contributed by atoms with Crippen LogP contribution in [0.25, 0.3) is 0 Å². The maximum atomic E-state index is 13.1. The zero-order valence-corrected chi connectivity index (χ0v) is 16.6. The van der Waals surface area contributed by atoms with Crippen LogP contribution in [0.5, 0.6) is 0 Å². The summed E-state index contributed by atoms with van der Waals surface area (Å²) in [4.78, 5) is 18.9. The summed E-state index contributed by atoms with van der Waals surface area (Å²) in [5.74, 6) is -0.831. The van der Waals surface area contributed by atoms with Gasteiger partial charge >= 0.3 is 0 Å². The van der Waals surface area contributed by atoms with Gasteiger partial charge in [0, 0.05) is 18.3 Å². The van der Waals surface area contributed by atoms with Crippen LogP contribution in [-0.2, 0) is 14.6 Å². The van der Waals surface area contributed by atoms with E-state index >= 15 is 0 Å². The Morgan fingerprint density at radius 1 is 1.04 bits per heavy atom. The van der Waals surface area contributed by atoms with Gasteiger partial charge < -0.3 is 4.90 Å². The molecule has 26 heavy (non-hydrogen) atoms. The van der Waals surface area contributed by atoms with E-state index in [1.165, 1.54) is 25.1 Å². The molecule has 3 rings (SSSR count). The molecule has 0 aromatic carbocycles. The smallest absolute Gasteiger partial charge is 0.238 e. The van der Waals surface area contributed by atoms with Crippen LogP contribution in [0.1, 0.15) is 64.2 Å². The van der Waals surface area contributed by atoms with Crippen molar-refractivity contribution in [2.45, 2.75) is 81.3 Å². The molecule has 0 unspecified atom stereocenters. The molecule has 2 aliphatic carbocycles. The second-order valence-corrected chi connectivity index (χ2v) is 9.75. The van der Waals surface area contributed by atoms with Crippen LogP contribution in [-0.4, -0.2) is 42.0 Å². The van der Waals surface area contributed by atoms with Gasteiger partial charge in [0.2, 0.25) is 15.7 Å². The Hall–Kier alpha value is -1.14. The Kier molecular flexibility index (Phi) is 6.56. The summed E-state index contributed by atoms with van der Waals surface area (Å²) < 4.78 is 25.5. The number of pyridine rings is 1. The highest BCUT2D eigenvalue weighted by Gasteiger charge is 2.35. The third kappa shape index (κ3) is 4.58. The molecular weight excluding hydrogens is 372 g/mol. The van der Waals surface area contributed by atoms with E-state index in [0.29, 0.717) is 0 Å². The number of carbonyl (C=O) groups is 1. The summed E-state index contributed by atoms with van der Waals surface area (Å²) >= 11 is 6.00. The van der Waals surface area contributed by atoms with Crippen LogP contribution in [0.3, 0.4) is 0 Å². The number of rotatable bonds is 5. The summed E-state index contributed by atoms with van der Waals surface area (Å²) in [5.41, 5.74) is 0. The molecule has 0 atom stereocenters. The normalized spacial score (nSPS) is 20.0. The van der Waals surface area contributed by atoms with Crippen molar-refractivity contribution < 1.29 is 13.2 Å². The van der Waals surface area contributed by atoms with E-state index < -0.39 is 15.6 Å². The molecule has 0 saturated heterocycles. The van der Waals surface area contributed by atoms with Crippen LogP contribution in [0.15, 0.2) is 23.4 Å². The van der Waals surface area contributed by atoms with E-state index in [1.54, 1.807) is 6.07 Å². The highest BCUT2D eigenvalue weighted by molar-refractivity contribution is 7.92. The SMILES string of the molecule is O=C(CS(=O)(=O)c1ncccc1Cl)N(C1CCCCC1)C1CCCCC1. The van der Waals surface area contributed by atoms with Crippen LogP contribution in [0, 0.1) is 0 Å². The average molecular weight is 399 g/mol. The number of sulfone groups is 1. The number of halogens is 1. The van der Waals surface area contributed by atoms with Crippen molar-refractivity contribution in [1.82, 2.24) is 9.88 Å². The minimum Gasteiger partial charge on any atom is -0.336 e. The minimum atomic E-state index is -3.85. The molecule has 2 saturated carbocycles. The van der Waals surface area contributed by atoms with Crippen molar-refractivity contribution in [1.29, 1.82) is 0 Å². The molecular formula is C19H27ClN2O3S. The van der Waals surface area contributed by atoms with Crippen molar-refractivity contribution in [3.05, 3.63) is 23.4 Å². The lowest BCUT2D eigenvalue weighted by Crippen LogP contribution is -2.50. The first kappa shape index (κ1) is 19.6. The molecule has 1 aromatic rings. The molecule has 5 nitrogen and oxygen atoms in total. The molecule has 1 amide bonds. The molecule has 2 aliphatic rings. The Morgan fingerprint density at radius 2 is 1.58 bits per heavy atom. The molecule has 1 heterocycles. The zero-order chi connectivity index (χ0) is 18.6. The third-order valence-electron chi connectivity index (χ3n) is 5.56. The summed E-state index contributed by atoms with van der Waals surface area (Å²) in [6.07, 6.45) is 12.2. The molecule has 0 N–H and O–H groups in total. The fraction of sp³-hybridized carbons (Fsp3) is 0.684. The minimum absolute atomic E-state index is 0.0715. The van der Waals surface area contributed by atoms with Gasteiger partial charge in [0.05, 0.1) is 5.02 Å². The molecule has 1 aromatic heterocycles. The van der Waals surface area contributed by atoms with E-state index in [2.05, 4.69) is 4.98 Å². The van der Waals surface area contributed by atoms with E-state index in [0.717, 1.165) is 51.4 Å². The summed E-state index contributed by atoms with van der Waals surface area (Å²) in [6.45, 7) is 0. The van der Waals surface area contributed by atoms with Crippen molar-refractivity contribution in [2.75, 3.05) is 5.75 Å². The highest BCUT2D eigenvalue weighted by Crippen LogP contribution is 2.31. The monoisotopic (exact) mass is 398 g/mol. The maximum Gasteiger partial charge on any atom is 0.238 e. The van der Waals surface area contributed by atoms with Gasteiger partial charge in [-0.25, -0.2) is 13.4 Å². The number of amides is 1. The quantitative estimate of drug-likeness (QED) is 0.751. The second-order valence-electron chi connectivity index (χ2n) is 7.43. The first-order valence-corrected chi connectivity index (χ1v) is 11.7. The van der Waals surface area contributed by atoms with Gasteiger partial charge in [0.1, 0.15) is 5.75 Å². The van der Waals surface area contributed by atoms with Gasteiger partial charge in [0.25, 0.3) is 0 Å². The molecule has 0 radical (unpaired) electrons. The van der Waals surface area contributed by atoms with Gasteiger partial charge in [-0.1, -0.05) is 50.1 Å². The van der Waals surface area contributed by atoms with E-state index in [9.17, 15) is 13.2 Å². The fourth-order valence-corrected chi connectivity index (χ4v) is 6.00. The molecule has 7 heteroatoms. The van der Waals surface area contributed by atoms with Crippen molar-refractivity contribution in [3.63, 3.8) is 0 Å². The van der Waals surface area contributed by atoms with Crippen molar-refractivity contribution >= 4 is 27.3 Å². The van der Waals surface area contributed by atoms with Crippen molar-refractivity contribution in [3.8, 4) is 0 Å². The number of hydrogen-bond acceptors (Lipinski definition) is 4. The van der Waals surface area contributed by atoms with Gasteiger partial charge in [-0.05, 0) is 37.8 Å². The van der Waals surface area contributed by atoms with E-state index in [4.69, 9.17) is 11.6 Å². The largest absolute Gasteiger partial charge is 0.336 e. The zero-order valence-electron chi connectivity index (χ0n) is 15.1. The van der Waals surface area contributed by atoms with Crippen LogP contribution in [0.2, 0.25) is 5.02 Å². The van der Waals surface area contributed by atoms with Gasteiger partial charge in [-0.2, -0.15) is 0 Å². The molecule has 0 aliphatic heterocycles. The average Bonchev–Trinajstić information content (AvgIpc) is 2.63. The predicted octanol–water partition coefficient (Wildman–Crippen LogP) is 4.00. The lowest BCUT2D eigenvalue weighted by Gasteiger charge is -2.41. The summed E-state index contributed by atoms with van der Waals surface area (Å²) in [7, 11) is -3.85. The lowest BCUT2D eigenvalue weighted by atomic mass is 9.88. The number of hydrogen-bond donors (Lipinski definition) is 0. The Morgan fingerprint density at radius 3 is 2.08 bits per heavy atom. The van der Waals surface area contributed by atoms with Crippen LogP contribution in [0.4, 0.5) is 0 Å². The Labute approximate surface area is 161 Å². The van der Waals surface area contributed by atoms with Gasteiger partial charge in [0.15, 0.2) is 5.03 Å². The van der Waals surface area contributed by atoms with Gasteiger partial charge in [-0.15, -0.1) is 0 Å². The fourth-order valence-electron chi connectivity index (χ4n) is 4.33. The maximum absolute atomic E-state index is 13.1. The Balaban J connectivity index is 1.81. The third-order valence-corrected chi connectivity index (χ3v) is 7.52.